The highest BCUT2D eigenvalue weighted by molar-refractivity contribution is 7.47. The van der Waals surface area contributed by atoms with E-state index in [9.17, 15) is 24.2 Å². The van der Waals surface area contributed by atoms with E-state index in [0.717, 1.165) is 44.9 Å². The van der Waals surface area contributed by atoms with Crippen LogP contribution in [0.25, 0.3) is 0 Å². The molecule has 0 bridgehead atoms. The summed E-state index contributed by atoms with van der Waals surface area (Å²) >= 11 is 0. The van der Waals surface area contributed by atoms with Crippen LogP contribution in [0.5, 0.6) is 0 Å². The molecule has 0 heterocycles. The lowest BCUT2D eigenvalue weighted by atomic mass is 10.0. The van der Waals surface area contributed by atoms with Crippen molar-refractivity contribution in [3.05, 3.63) is 72.9 Å². The van der Waals surface area contributed by atoms with Gasteiger partial charge < -0.3 is 24.0 Å². The second kappa shape index (κ2) is 43.3. The van der Waals surface area contributed by atoms with Gasteiger partial charge in [-0.2, -0.15) is 0 Å². The molecule has 0 saturated carbocycles. The predicted octanol–water partition coefficient (Wildman–Crippen LogP) is 13.6. The Labute approximate surface area is 385 Å². The minimum absolute atomic E-state index is 0.00222. The van der Waals surface area contributed by atoms with Crippen LogP contribution in [0.2, 0.25) is 0 Å². The van der Waals surface area contributed by atoms with E-state index >= 15 is 0 Å². The highest BCUT2D eigenvalue weighted by Crippen LogP contribution is 2.43. The summed E-state index contributed by atoms with van der Waals surface area (Å²) in [5.74, 6) is -0.978. The molecule has 2 N–H and O–H groups in total. The Morgan fingerprint density at radius 2 is 1.10 bits per heavy atom. The van der Waals surface area contributed by atoms with Gasteiger partial charge in [-0.1, -0.05) is 202 Å². The summed E-state index contributed by atoms with van der Waals surface area (Å²) in [6.07, 6.45) is 51.3. The van der Waals surface area contributed by atoms with E-state index in [1.54, 1.807) is 6.08 Å². The van der Waals surface area contributed by atoms with Gasteiger partial charge in [-0.15, -0.1) is 0 Å². The van der Waals surface area contributed by atoms with Crippen molar-refractivity contribution in [2.75, 3.05) is 47.5 Å². The van der Waals surface area contributed by atoms with Crippen LogP contribution in [0.3, 0.4) is 0 Å². The fraction of sp³-hybridized carbons (Fsp3) is 0.731. The van der Waals surface area contributed by atoms with Crippen molar-refractivity contribution >= 4 is 19.8 Å². The van der Waals surface area contributed by atoms with Crippen LogP contribution in [-0.4, -0.2) is 86.1 Å². The lowest BCUT2D eigenvalue weighted by molar-refractivity contribution is -0.870. The largest absolute Gasteiger partial charge is 0.472 e. The maximum atomic E-state index is 12.7. The molecule has 0 aromatic rings. The molecule has 0 rings (SSSR count). The summed E-state index contributed by atoms with van der Waals surface area (Å²) in [5.41, 5.74) is 0. The van der Waals surface area contributed by atoms with E-state index in [1.165, 1.54) is 96.3 Å². The van der Waals surface area contributed by atoms with Gasteiger partial charge in [0.15, 0.2) is 6.10 Å². The average Bonchev–Trinajstić information content (AvgIpc) is 3.23. The number of nitrogens with zero attached hydrogens (tertiary/aromatic N) is 1. The second-order valence-electron chi connectivity index (χ2n) is 17.7. The molecule has 11 heteroatoms. The Bertz CT molecular complexity index is 1320. The summed E-state index contributed by atoms with van der Waals surface area (Å²) in [7, 11) is 1.38. The van der Waals surface area contributed by atoms with E-state index in [1.807, 2.05) is 51.5 Å². The van der Waals surface area contributed by atoms with Crippen LogP contribution in [-0.2, 0) is 32.7 Å². The maximum absolute atomic E-state index is 12.7. The third-order valence-corrected chi connectivity index (χ3v) is 11.3. The fourth-order valence-corrected chi connectivity index (χ4v) is 7.22. The number of allylic oxidation sites excluding steroid dienone is 10. The Balaban J connectivity index is 4.47. The van der Waals surface area contributed by atoms with Gasteiger partial charge in [0.25, 0.3) is 0 Å². The van der Waals surface area contributed by atoms with Gasteiger partial charge >= 0.3 is 19.8 Å². The quantitative estimate of drug-likeness (QED) is 0.0153. The Kier molecular flexibility index (Phi) is 41.5. The molecule has 63 heavy (non-hydrogen) atoms. The van der Waals surface area contributed by atoms with Crippen molar-refractivity contribution in [1.29, 1.82) is 0 Å². The number of hydrogen-bond donors (Lipinski definition) is 2. The fourth-order valence-electron chi connectivity index (χ4n) is 6.48. The van der Waals surface area contributed by atoms with Crippen LogP contribution in [0.1, 0.15) is 187 Å². The van der Waals surface area contributed by atoms with Crippen LogP contribution in [0.15, 0.2) is 72.9 Å². The number of phosphoric ester groups is 1. The number of likely N-dealkylation sites (N-methyl/N-ethyl adjacent to an activating group) is 1. The maximum Gasteiger partial charge on any atom is 0.472 e. The number of quaternary nitrogens is 1. The summed E-state index contributed by atoms with van der Waals surface area (Å²) in [6.45, 7) is 4.12. The number of ether oxygens (including phenoxy) is 2. The third-order valence-electron chi connectivity index (χ3n) is 10.3. The predicted molar refractivity (Wildman–Crippen MR) is 262 cm³/mol. The molecule has 0 spiro atoms. The first-order valence-electron chi connectivity index (χ1n) is 24.8. The number of rotatable bonds is 44. The topological polar surface area (TPSA) is 129 Å². The van der Waals surface area contributed by atoms with E-state index in [-0.39, 0.29) is 26.1 Å². The van der Waals surface area contributed by atoms with Gasteiger partial charge in [-0.3, -0.25) is 18.6 Å². The zero-order valence-electron chi connectivity index (χ0n) is 40.6. The molecule has 0 fully saturated rings. The summed E-state index contributed by atoms with van der Waals surface area (Å²) in [4.78, 5) is 35.5. The monoisotopic (exact) mass is 907 g/mol. The van der Waals surface area contributed by atoms with Crippen molar-refractivity contribution in [3.8, 4) is 0 Å². The number of aliphatic hydroxyl groups is 1. The molecule has 2 unspecified atom stereocenters. The first kappa shape index (κ1) is 60.4. The number of aliphatic hydroxyl groups excluding tert-OH is 1. The highest BCUT2D eigenvalue weighted by Gasteiger charge is 2.27. The van der Waals surface area contributed by atoms with Crippen molar-refractivity contribution in [2.24, 2.45) is 0 Å². The minimum Gasteiger partial charge on any atom is -0.462 e. The van der Waals surface area contributed by atoms with Crippen LogP contribution >= 0.6 is 7.82 Å². The highest BCUT2D eigenvalue weighted by atomic mass is 31.2. The molecular weight excluding hydrogens is 814 g/mol. The number of unbranched alkanes of at least 4 members (excludes halogenated alkanes) is 18. The molecule has 0 aromatic heterocycles. The lowest BCUT2D eigenvalue weighted by Gasteiger charge is -2.24. The van der Waals surface area contributed by atoms with Crippen molar-refractivity contribution in [3.63, 3.8) is 0 Å². The van der Waals surface area contributed by atoms with Gasteiger partial charge in [-0.05, 0) is 44.9 Å². The first-order valence-corrected chi connectivity index (χ1v) is 26.3. The van der Waals surface area contributed by atoms with Crippen molar-refractivity contribution in [2.45, 2.75) is 199 Å². The zero-order chi connectivity index (χ0) is 46.5. The SMILES string of the molecule is CC/C=C\C/C=C\C/C=C\C/C=C\C=C/C(O)C/C=C\CCC(=O)OC[C@H](COP(=O)(O)OCC[N+](C)(C)C)OC(=O)CCCCCCCCCCCCCCCCCCCCC. The van der Waals surface area contributed by atoms with Crippen LogP contribution in [0.4, 0.5) is 0 Å². The molecule has 0 amide bonds. The lowest BCUT2D eigenvalue weighted by Crippen LogP contribution is -2.37. The number of esters is 2. The first-order chi connectivity index (χ1) is 30.4. The third kappa shape index (κ3) is 47.2. The van der Waals surface area contributed by atoms with Gasteiger partial charge in [-0.25, -0.2) is 4.57 Å². The van der Waals surface area contributed by atoms with E-state index in [2.05, 4.69) is 50.3 Å². The van der Waals surface area contributed by atoms with Crippen molar-refractivity contribution in [1.82, 2.24) is 0 Å². The van der Waals surface area contributed by atoms with Crippen molar-refractivity contribution < 1.29 is 47.2 Å². The summed E-state index contributed by atoms with van der Waals surface area (Å²) < 4.78 is 34.3. The molecule has 0 aromatic carbocycles. The van der Waals surface area contributed by atoms with Crippen LogP contribution < -0.4 is 0 Å². The molecular formula is C52H93NO9P+. The molecule has 0 radical (unpaired) electrons. The van der Waals surface area contributed by atoms with E-state index in [0.29, 0.717) is 30.3 Å². The van der Waals surface area contributed by atoms with Gasteiger partial charge in [0.1, 0.15) is 19.8 Å². The standard InChI is InChI=1S/C52H92NO9P/c1-6-8-10-12-14-16-18-20-21-22-23-24-25-27-29-31-33-35-39-44-52(56)62-50(48-61-63(57,58)60-46-45-53(3,4)5)47-59-51(55)43-40-36-38-42-49(54)41-37-34-32-30-28-26-19-17-15-13-11-9-7-2/h9,11,15,17,26,28,32,34,36-38,41,49-50,54H,6-8,10,12-14,16,18-25,27,29-31,33,35,39-40,42-48H2,1-5H3/p+1/b11-9-,17-15-,28-26-,34-32-,38-36-,41-37-/t49?,50-/m1/s1. The number of carbonyl (C=O) groups excluding carboxylic acids is 2. The molecule has 0 saturated heterocycles. The summed E-state index contributed by atoms with van der Waals surface area (Å²) in [6, 6.07) is 0. The molecule has 0 aliphatic carbocycles. The molecule has 364 valence electrons. The Morgan fingerprint density at radius 1 is 0.587 bits per heavy atom. The minimum atomic E-state index is -4.42. The van der Waals surface area contributed by atoms with Gasteiger partial charge in [0.2, 0.25) is 0 Å². The number of phosphoric acid groups is 1. The molecule has 0 aliphatic heterocycles. The van der Waals surface area contributed by atoms with Gasteiger partial charge in [0.05, 0.1) is 33.9 Å². The molecule has 0 aliphatic rings. The smallest absolute Gasteiger partial charge is 0.462 e. The number of carbonyl (C=O) groups is 2. The number of hydrogen-bond acceptors (Lipinski definition) is 8. The van der Waals surface area contributed by atoms with Crippen LogP contribution in [0, 0.1) is 0 Å². The molecule has 10 nitrogen and oxygen atoms in total. The second-order valence-corrected chi connectivity index (χ2v) is 19.1. The normalized spacial score (nSPS) is 14.6. The Morgan fingerprint density at radius 3 is 1.62 bits per heavy atom. The molecule has 3 atom stereocenters. The summed E-state index contributed by atoms with van der Waals surface area (Å²) in [5, 5.41) is 10.2. The zero-order valence-corrected chi connectivity index (χ0v) is 41.5. The average molecular weight is 907 g/mol. The van der Waals surface area contributed by atoms with E-state index < -0.39 is 38.6 Å². The van der Waals surface area contributed by atoms with Gasteiger partial charge in [0, 0.05) is 12.8 Å². The Hall–Kier alpha value is -2.59. The van der Waals surface area contributed by atoms with E-state index in [4.69, 9.17) is 18.5 Å².